The van der Waals surface area contributed by atoms with Crippen molar-refractivity contribution in [2.45, 2.75) is 38.9 Å². The van der Waals surface area contributed by atoms with Crippen LogP contribution in [0.4, 0.5) is 13.2 Å². The van der Waals surface area contributed by atoms with Gasteiger partial charge in [0.15, 0.2) is 0 Å². The minimum atomic E-state index is -0.960. The molecule has 0 bridgehead atoms. The number of ether oxygens (including phenoxy) is 2. The van der Waals surface area contributed by atoms with E-state index >= 15 is 8.78 Å². The molecule has 0 aliphatic carbocycles. The molecule has 5 aromatic rings. The highest BCUT2D eigenvalue weighted by Crippen LogP contribution is 2.48. The Kier molecular flexibility index (Phi) is 9.68. The first-order chi connectivity index (χ1) is 24.6. The summed E-state index contributed by atoms with van der Waals surface area (Å²) in [6, 6.07) is 4.93. The van der Waals surface area contributed by atoms with Crippen molar-refractivity contribution in [1.82, 2.24) is 29.5 Å². The summed E-state index contributed by atoms with van der Waals surface area (Å²) < 4.78 is 60.4. The third kappa shape index (κ3) is 6.30. The molecular formula is C37H37F3N6O4S. The van der Waals surface area contributed by atoms with E-state index in [1.54, 1.807) is 21.8 Å². The van der Waals surface area contributed by atoms with Gasteiger partial charge in [0.05, 0.1) is 46.9 Å². The number of carbonyl (C=O) groups is 1. The van der Waals surface area contributed by atoms with Gasteiger partial charge in [0, 0.05) is 85.6 Å². The lowest BCUT2D eigenvalue weighted by molar-refractivity contribution is -0.129. The van der Waals surface area contributed by atoms with Crippen LogP contribution in [0.3, 0.4) is 0 Å². The molecule has 266 valence electrons. The Labute approximate surface area is 296 Å². The number of benzene rings is 1. The summed E-state index contributed by atoms with van der Waals surface area (Å²) in [4.78, 5) is 26.5. The van der Waals surface area contributed by atoms with Gasteiger partial charge in [-0.05, 0) is 37.6 Å². The lowest BCUT2D eigenvalue weighted by atomic mass is 9.94. The summed E-state index contributed by atoms with van der Waals surface area (Å²) in [5, 5.41) is 15.9. The molecule has 2 aliphatic rings. The number of thiophene rings is 1. The van der Waals surface area contributed by atoms with Gasteiger partial charge in [-0.15, -0.1) is 11.3 Å². The molecule has 1 amide bonds. The number of pyridine rings is 2. The second kappa shape index (κ2) is 14.2. The highest BCUT2D eigenvalue weighted by atomic mass is 32.1. The van der Waals surface area contributed by atoms with Gasteiger partial charge < -0.3 is 19.5 Å². The molecule has 0 fully saturated rings. The minimum absolute atomic E-state index is 0.0163. The second-order valence-corrected chi connectivity index (χ2v) is 13.7. The number of rotatable bonds is 10. The fourth-order valence-electron chi connectivity index (χ4n) is 7.06. The van der Waals surface area contributed by atoms with Crippen molar-refractivity contribution in [3.63, 3.8) is 0 Å². The molecule has 1 N–H and O–H groups in total. The topological polar surface area (TPSA) is 106 Å². The van der Waals surface area contributed by atoms with Gasteiger partial charge in [0.1, 0.15) is 41.2 Å². The fourth-order valence-corrected chi connectivity index (χ4v) is 7.99. The fraction of sp³-hybridized carbons (Fsp3) is 0.351. The van der Waals surface area contributed by atoms with Crippen LogP contribution in [0.1, 0.15) is 42.9 Å². The number of aliphatic hydroxyl groups is 1. The predicted molar refractivity (Wildman–Crippen MR) is 188 cm³/mol. The molecule has 6 heterocycles. The molecule has 14 heteroatoms. The molecule has 4 aromatic heterocycles. The Morgan fingerprint density at radius 3 is 2.71 bits per heavy atom. The summed E-state index contributed by atoms with van der Waals surface area (Å²) in [6.07, 6.45) is 3.70. The van der Waals surface area contributed by atoms with Crippen LogP contribution in [0.5, 0.6) is 5.75 Å². The number of hydrogen-bond donors (Lipinski definition) is 1. The predicted octanol–water partition coefficient (Wildman–Crippen LogP) is 6.33. The van der Waals surface area contributed by atoms with E-state index in [9.17, 15) is 14.3 Å². The van der Waals surface area contributed by atoms with Gasteiger partial charge >= 0.3 is 0 Å². The number of hydrogen-bond acceptors (Lipinski definition) is 9. The molecule has 51 heavy (non-hydrogen) atoms. The lowest BCUT2D eigenvalue weighted by Gasteiger charge is -2.36. The minimum Gasteiger partial charge on any atom is -0.490 e. The van der Waals surface area contributed by atoms with E-state index in [1.807, 2.05) is 19.9 Å². The normalized spacial score (nSPS) is 17.4. The summed E-state index contributed by atoms with van der Waals surface area (Å²) in [7, 11) is 1.48. The zero-order valence-electron chi connectivity index (χ0n) is 28.5. The highest BCUT2D eigenvalue weighted by molar-refractivity contribution is 7.17. The van der Waals surface area contributed by atoms with E-state index in [0.29, 0.717) is 53.4 Å². The van der Waals surface area contributed by atoms with Crippen molar-refractivity contribution < 1.29 is 32.5 Å². The standard InChI is InChI=1S/C37H37F3N6O4S/c1-5-31(48)45-17-20(2)46-29(21(45)3)15-28(43-46)36-34(32-25(39)13-24(38)14-30(32)50-11-10-49-4)33-26(40)19-51-37(33)35(42-36)22-12-23-18-44(8-9-47)7-6-27(23)41-16-22/h5,12-16,19-21,47H,1,6-11,17-18H2,2-4H3/t20-,21+/m0/s1. The van der Waals surface area contributed by atoms with Gasteiger partial charge in [-0.2, -0.15) is 5.10 Å². The first-order valence-electron chi connectivity index (χ1n) is 16.7. The largest absolute Gasteiger partial charge is 0.490 e. The second-order valence-electron chi connectivity index (χ2n) is 12.8. The van der Waals surface area contributed by atoms with Crippen LogP contribution >= 0.6 is 11.3 Å². The third-order valence-corrected chi connectivity index (χ3v) is 10.5. The quantitative estimate of drug-likeness (QED) is 0.132. The highest BCUT2D eigenvalue weighted by Gasteiger charge is 2.34. The number of aliphatic hydroxyl groups excluding tert-OH is 1. The molecule has 0 spiro atoms. The average molecular weight is 719 g/mol. The maximum Gasteiger partial charge on any atom is 0.246 e. The van der Waals surface area contributed by atoms with E-state index in [2.05, 4.69) is 11.5 Å². The zero-order chi connectivity index (χ0) is 36.0. The van der Waals surface area contributed by atoms with Crippen LogP contribution in [0.2, 0.25) is 0 Å². The van der Waals surface area contributed by atoms with Crippen molar-refractivity contribution in [2.75, 3.05) is 46.6 Å². The van der Waals surface area contributed by atoms with Crippen molar-refractivity contribution in [3.8, 4) is 39.5 Å². The summed E-state index contributed by atoms with van der Waals surface area (Å²) in [5.74, 6) is -2.80. The molecular weight excluding hydrogens is 682 g/mol. The van der Waals surface area contributed by atoms with Gasteiger partial charge in [-0.25, -0.2) is 18.2 Å². The number of aromatic nitrogens is 4. The van der Waals surface area contributed by atoms with Gasteiger partial charge in [0.25, 0.3) is 0 Å². The molecule has 0 unspecified atom stereocenters. The number of nitrogens with zero attached hydrogens (tertiary/aromatic N) is 6. The molecule has 0 radical (unpaired) electrons. The first-order valence-corrected chi connectivity index (χ1v) is 17.6. The molecule has 0 saturated heterocycles. The van der Waals surface area contributed by atoms with E-state index < -0.39 is 17.5 Å². The maximum absolute atomic E-state index is 16.3. The maximum atomic E-state index is 16.3. The van der Waals surface area contributed by atoms with Crippen molar-refractivity contribution in [1.29, 1.82) is 0 Å². The smallest absolute Gasteiger partial charge is 0.246 e. The van der Waals surface area contributed by atoms with Crippen LogP contribution in [-0.4, -0.2) is 87.1 Å². The van der Waals surface area contributed by atoms with Crippen LogP contribution in [-0.2, 0) is 22.5 Å². The number of fused-ring (bicyclic) bond motifs is 3. The molecule has 1 aromatic carbocycles. The van der Waals surface area contributed by atoms with Crippen molar-refractivity contribution in [2.24, 2.45) is 0 Å². The third-order valence-electron chi connectivity index (χ3n) is 9.53. The Hall–Kier alpha value is -4.63. The lowest BCUT2D eigenvalue weighted by Crippen LogP contribution is -2.42. The molecule has 2 aliphatic heterocycles. The van der Waals surface area contributed by atoms with E-state index in [4.69, 9.17) is 24.5 Å². The van der Waals surface area contributed by atoms with Gasteiger partial charge in [0.2, 0.25) is 5.91 Å². The number of methoxy groups -OCH3 is 1. The Morgan fingerprint density at radius 2 is 1.94 bits per heavy atom. The van der Waals surface area contributed by atoms with Crippen molar-refractivity contribution in [3.05, 3.63) is 82.9 Å². The Balaban J connectivity index is 1.50. The number of carbonyl (C=O) groups excluding carboxylic acids is 1. The van der Waals surface area contributed by atoms with Gasteiger partial charge in [-0.1, -0.05) is 6.58 Å². The zero-order valence-corrected chi connectivity index (χ0v) is 29.3. The summed E-state index contributed by atoms with van der Waals surface area (Å²) >= 11 is 1.12. The first kappa shape index (κ1) is 34.8. The summed E-state index contributed by atoms with van der Waals surface area (Å²) in [5.41, 5.74) is 4.02. The van der Waals surface area contributed by atoms with Crippen LogP contribution in [0.15, 0.2) is 48.5 Å². The molecule has 7 rings (SSSR count). The number of amides is 1. The Bertz CT molecular complexity index is 2150. The van der Waals surface area contributed by atoms with Crippen LogP contribution in [0.25, 0.3) is 43.9 Å². The summed E-state index contributed by atoms with van der Waals surface area (Å²) in [6.45, 7) is 9.88. The van der Waals surface area contributed by atoms with Crippen molar-refractivity contribution >= 4 is 27.3 Å². The monoisotopic (exact) mass is 718 g/mol. The Morgan fingerprint density at radius 1 is 1.12 bits per heavy atom. The van der Waals surface area contributed by atoms with Crippen LogP contribution in [0, 0.1) is 17.5 Å². The van der Waals surface area contributed by atoms with Crippen LogP contribution < -0.4 is 4.74 Å². The number of β-amino-alcohol motifs (C(OH)–C–C–N with tert-alkyl or cyclic N) is 1. The molecule has 10 nitrogen and oxygen atoms in total. The van der Waals surface area contributed by atoms with E-state index in [-0.39, 0.29) is 65.8 Å². The van der Waals surface area contributed by atoms with E-state index in [1.165, 1.54) is 18.6 Å². The molecule has 2 atom stereocenters. The van der Waals surface area contributed by atoms with Gasteiger partial charge in [-0.3, -0.25) is 19.4 Å². The van der Waals surface area contributed by atoms with E-state index in [0.717, 1.165) is 41.3 Å². The average Bonchev–Trinajstić information content (AvgIpc) is 3.74. The SMILES string of the molecule is C=CC(=O)N1C[C@H](C)n2nc(-c3nc(-c4cnc5c(c4)CN(CCO)CC5)c4scc(F)c4c3-c3c(F)cc(F)cc3OCCOC)cc2[C@H]1C. The molecule has 0 saturated carbocycles. The number of halogens is 3.